The number of nitrogens with zero attached hydrogens (tertiary/aromatic N) is 1. The normalized spacial score (nSPS) is 17.5. The minimum absolute atomic E-state index is 0. The lowest BCUT2D eigenvalue weighted by Crippen LogP contribution is -2.32. The number of aromatic nitrogens is 1. The van der Waals surface area contributed by atoms with E-state index in [9.17, 15) is 14.2 Å². The molecule has 0 aliphatic heterocycles. The number of pyridine rings is 1. The van der Waals surface area contributed by atoms with Gasteiger partial charge in [0.25, 0.3) is 5.91 Å². The third kappa shape index (κ3) is 6.27. The molecule has 11 heteroatoms. The van der Waals surface area contributed by atoms with Gasteiger partial charge in [-0.2, -0.15) is 0 Å². The quantitative estimate of drug-likeness (QED) is 0.371. The first-order valence-electron chi connectivity index (χ1n) is 11.7. The largest absolute Gasteiger partial charge is 0.380 e. The van der Waals surface area contributed by atoms with Gasteiger partial charge in [0.1, 0.15) is 11.4 Å². The Bertz CT molecular complexity index is 1140. The standard InChI is InChI=1S/C23H31FN3O5P.BrH/c24-19-12-17-21(13-20(19)26-15-6-2-1-3-7-15)27(16-8-4-5-9-16)14-18(22(17)28)23(29)25-10-11-33(30,31)32;/h12-16,26H,1-11H2,(H,25,29)(H2,30,31,32);1H. The molecule has 1 aromatic heterocycles. The van der Waals surface area contributed by atoms with E-state index in [4.69, 9.17) is 9.79 Å². The summed E-state index contributed by atoms with van der Waals surface area (Å²) in [5.74, 6) is -1.24. The van der Waals surface area contributed by atoms with Crippen LogP contribution in [0.1, 0.15) is 74.2 Å². The lowest BCUT2D eigenvalue weighted by atomic mass is 9.95. The first-order valence-corrected chi connectivity index (χ1v) is 13.5. The van der Waals surface area contributed by atoms with Gasteiger partial charge in [-0.1, -0.05) is 32.1 Å². The molecule has 1 heterocycles. The fourth-order valence-electron chi connectivity index (χ4n) is 5.00. The van der Waals surface area contributed by atoms with E-state index >= 15 is 4.39 Å². The lowest BCUT2D eigenvalue weighted by Gasteiger charge is -2.25. The van der Waals surface area contributed by atoms with Crippen molar-refractivity contribution >= 4 is 47.1 Å². The number of carbonyl (C=O) groups excluding carboxylic acids is 1. The van der Waals surface area contributed by atoms with Crippen molar-refractivity contribution in [2.75, 3.05) is 18.0 Å². The van der Waals surface area contributed by atoms with Gasteiger partial charge in [-0.15, -0.1) is 17.0 Å². The Morgan fingerprint density at radius 2 is 1.74 bits per heavy atom. The lowest BCUT2D eigenvalue weighted by molar-refractivity contribution is 0.0954. The number of hydrogen-bond acceptors (Lipinski definition) is 4. The molecule has 2 aromatic rings. The van der Waals surface area contributed by atoms with E-state index in [0.717, 1.165) is 51.4 Å². The smallest absolute Gasteiger partial charge is 0.327 e. The van der Waals surface area contributed by atoms with E-state index in [1.165, 1.54) is 18.7 Å². The van der Waals surface area contributed by atoms with E-state index in [-0.39, 0.29) is 46.6 Å². The van der Waals surface area contributed by atoms with E-state index in [2.05, 4.69) is 10.6 Å². The number of nitrogens with one attached hydrogen (secondary N) is 2. The molecule has 34 heavy (non-hydrogen) atoms. The molecule has 0 atom stereocenters. The summed E-state index contributed by atoms with van der Waals surface area (Å²) < 4.78 is 28.0. The molecular weight excluding hydrogens is 528 g/mol. The van der Waals surface area contributed by atoms with Crippen LogP contribution in [0, 0.1) is 5.82 Å². The Labute approximate surface area is 208 Å². The van der Waals surface area contributed by atoms with Crippen molar-refractivity contribution in [3.8, 4) is 0 Å². The van der Waals surface area contributed by atoms with Crippen LogP contribution in [0.4, 0.5) is 10.1 Å². The molecule has 2 saturated carbocycles. The van der Waals surface area contributed by atoms with Crippen LogP contribution < -0.4 is 16.1 Å². The molecule has 2 aliphatic carbocycles. The summed E-state index contributed by atoms with van der Waals surface area (Å²) in [7, 11) is -4.27. The summed E-state index contributed by atoms with van der Waals surface area (Å²) in [6.45, 7) is -0.261. The molecule has 1 aromatic carbocycles. The summed E-state index contributed by atoms with van der Waals surface area (Å²) in [6, 6.07) is 3.20. The van der Waals surface area contributed by atoms with Crippen LogP contribution in [0.3, 0.4) is 0 Å². The Balaban J connectivity index is 0.00000324. The minimum Gasteiger partial charge on any atom is -0.380 e. The Kier molecular flexibility index (Phi) is 8.95. The zero-order chi connectivity index (χ0) is 23.6. The van der Waals surface area contributed by atoms with E-state index in [0.29, 0.717) is 11.2 Å². The molecule has 0 saturated heterocycles. The van der Waals surface area contributed by atoms with Gasteiger partial charge >= 0.3 is 7.60 Å². The average Bonchev–Trinajstić information content (AvgIpc) is 3.29. The van der Waals surface area contributed by atoms with Gasteiger partial charge in [0.2, 0.25) is 5.43 Å². The minimum atomic E-state index is -4.27. The van der Waals surface area contributed by atoms with Crippen molar-refractivity contribution in [2.45, 2.75) is 69.9 Å². The van der Waals surface area contributed by atoms with Gasteiger partial charge in [-0.05, 0) is 37.8 Å². The molecule has 4 N–H and O–H groups in total. The van der Waals surface area contributed by atoms with Crippen LogP contribution in [0.15, 0.2) is 23.1 Å². The summed E-state index contributed by atoms with van der Waals surface area (Å²) in [5.41, 5.74) is 0.237. The Hall–Kier alpha value is -1.74. The molecule has 4 rings (SSSR count). The van der Waals surface area contributed by atoms with Gasteiger partial charge in [-0.25, -0.2) is 4.39 Å². The predicted molar refractivity (Wildman–Crippen MR) is 136 cm³/mol. The van der Waals surface area contributed by atoms with Crippen molar-refractivity contribution in [3.05, 3.63) is 39.9 Å². The average molecular weight is 560 g/mol. The molecule has 2 aliphatic rings. The Morgan fingerprint density at radius 3 is 2.38 bits per heavy atom. The fraction of sp³-hybridized carbons (Fsp3) is 0.565. The number of carbonyl (C=O) groups is 1. The molecule has 0 radical (unpaired) electrons. The van der Waals surface area contributed by atoms with Gasteiger partial charge < -0.3 is 25.0 Å². The van der Waals surface area contributed by atoms with Crippen LogP contribution in [0.2, 0.25) is 0 Å². The van der Waals surface area contributed by atoms with Gasteiger partial charge in [0.15, 0.2) is 0 Å². The highest BCUT2D eigenvalue weighted by Crippen LogP contribution is 2.34. The SMILES string of the molecule is Br.O=C(NCCP(=O)(O)O)c1cn(C2CCCC2)c2cc(NC3CCCCC3)c(F)cc2c1=O. The van der Waals surface area contributed by atoms with Crippen molar-refractivity contribution in [2.24, 2.45) is 0 Å². The van der Waals surface area contributed by atoms with E-state index < -0.39 is 30.9 Å². The van der Waals surface area contributed by atoms with E-state index in [1.54, 1.807) is 6.07 Å². The van der Waals surface area contributed by atoms with Gasteiger partial charge in [-0.3, -0.25) is 14.2 Å². The maximum absolute atomic E-state index is 15.0. The van der Waals surface area contributed by atoms with Crippen molar-refractivity contribution in [1.82, 2.24) is 9.88 Å². The number of benzene rings is 1. The van der Waals surface area contributed by atoms with Crippen molar-refractivity contribution < 1.29 is 23.5 Å². The maximum Gasteiger partial charge on any atom is 0.327 e. The second-order valence-electron chi connectivity index (χ2n) is 9.19. The zero-order valence-corrected chi connectivity index (χ0v) is 21.6. The monoisotopic (exact) mass is 559 g/mol. The maximum atomic E-state index is 15.0. The first-order chi connectivity index (χ1) is 15.7. The number of anilines is 1. The van der Waals surface area contributed by atoms with Crippen molar-refractivity contribution in [3.63, 3.8) is 0 Å². The molecule has 1 amide bonds. The number of amides is 1. The van der Waals surface area contributed by atoms with Crippen LogP contribution in [0.5, 0.6) is 0 Å². The predicted octanol–water partition coefficient (Wildman–Crippen LogP) is 4.49. The van der Waals surface area contributed by atoms with Gasteiger partial charge in [0.05, 0.1) is 17.4 Å². The van der Waals surface area contributed by atoms with E-state index in [1.807, 2.05) is 4.57 Å². The van der Waals surface area contributed by atoms with Crippen molar-refractivity contribution in [1.29, 1.82) is 0 Å². The second-order valence-corrected chi connectivity index (χ2v) is 11.0. The molecule has 188 valence electrons. The third-order valence-corrected chi connectivity index (χ3v) is 7.54. The molecular formula is C23H32BrFN3O5P. The number of halogens is 2. The molecule has 8 nitrogen and oxygen atoms in total. The summed E-state index contributed by atoms with van der Waals surface area (Å²) in [6.07, 6.45) is 10.3. The molecule has 2 fully saturated rings. The van der Waals surface area contributed by atoms with Crippen LogP contribution in [0.25, 0.3) is 10.9 Å². The van der Waals surface area contributed by atoms with Crippen LogP contribution >= 0.6 is 24.6 Å². The Morgan fingerprint density at radius 1 is 1.09 bits per heavy atom. The number of rotatable bonds is 7. The summed E-state index contributed by atoms with van der Waals surface area (Å²) >= 11 is 0. The topological polar surface area (TPSA) is 121 Å². The summed E-state index contributed by atoms with van der Waals surface area (Å²) in [4.78, 5) is 43.8. The third-order valence-electron chi connectivity index (χ3n) is 6.74. The second kappa shape index (κ2) is 11.3. The molecule has 0 unspecified atom stereocenters. The molecule has 0 bridgehead atoms. The van der Waals surface area contributed by atoms with Crippen LogP contribution in [-0.4, -0.2) is 39.0 Å². The fourth-order valence-corrected chi connectivity index (χ4v) is 5.41. The number of fused-ring (bicyclic) bond motifs is 1. The first kappa shape index (κ1) is 26.9. The van der Waals surface area contributed by atoms with Crippen LogP contribution in [-0.2, 0) is 4.57 Å². The highest BCUT2D eigenvalue weighted by Gasteiger charge is 2.24. The zero-order valence-electron chi connectivity index (χ0n) is 19.0. The van der Waals surface area contributed by atoms with Gasteiger partial charge in [0, 0.05) is 30.2 Å². The summed E-state index contributed by atoms with van der Waals surface area (Å²) in [5, 5.41) is 5.86. The highest BCUT2D eigenvalue weighted by molar-refractivity contribution is 8.93. The highest BCUT2D eigenvalue weighted by atomic mass is 79.9. The molecule has 0 spiro atoms. The number of hydrogen-bond donors (Lipinski definition) is 4.